The van der Waals surface area contributed by atoms with Gasteiger partial charge in [0.1, 0.15) is 11.6 Å². The molecule has 1 fully saturated rings. The Morgan fingerprint density at radius 1 is 0.929 bits per heavy atom. The van der Waals surface area contributed by atoms with Gasteiger partial charge in [-0.1, -0.05) is 29.8 Å². The Hall–Kier alpha value is -3.41. The summed E-state index contributed by atoms with van der Waals surface area (Å²) in [7, 11) is 0. The summed E-state index contributed by atoms with van der Waals surface area (Å²) in [6.45, 7) is 5.60. The minimum atomic E-state index is -0.608. The Kier molecular flexibility index (Phi) is 4.26. The van der Waals surface area contributed by atoms with Crippen molar-refractivity contribution in [3.05, 3.63) is 75.6 Å². The fourth-order valence-electron chi connectivity index (χ4n) is 3.55. The van der Waals surface area contributed by atoms with Crippen molar-refractivity contribution in [2.24, 2.45) is 0 Å². The maximum Gasteiger partial charge on any atom is 0.336 e. The van der Waals surface area contributed by atoms with Crippen LogP contribution < -0.4 is 10.5 Å². The Bertz CT molecular complexity index is 1150. The molecule has 6 nitrogen and oxygen atoms in total. The summed E-state index contributed by atoms with van der Waals surface area (Å²) in [5.41, 5.74) is 3.24. The summed E-state index contributed by atoms with van der Waals surface area (Å²) >= 11 is 0. The molecule has 4 rings (SSSR count). The van der Waals surface area contributed by atoms with Crippen molar-refractivity contribution in [2.75, 3.05) is 4.90 Å². The average Bonchev–Trinajstić information content (AvgIpc) is 2.85. The molecule has 3 aromatic rings. The molecule has 1 aliphatic heterocycles. The van der Waals surface area contributed by atoms with Crippen LogP contribution in [0.4, 0.5) is 10.5 Å². The van der Waals surface area contributed by atoms with Gasteiger partial charge in [-0.25, -0.2) is 9.59 Å². The molecule has 0 radical (unpaired) electrons. The van der Waals surface area contributed by atoms with Crippen molar-refractivity contribution in [3.8, 4) is 0 Å². The van der Waals surface area contributed by atoms with Crippen molar-refractivity contribution < 1.29 is 14.0 Å². The second-order valence-corrected chi connectivity index (χ2v) is 7.18. The summed E-state index contributed by atoms with van der Waals surface area (Å²) in [5, 5.41) is 0.715. The third kappa shape index (κ3) is 2.97. The molecule has 0 spiro atoms. The zero-order valence-corrected chi connectivity index (χ0v) is 15.9. The Morgan fingerprint density at radius 3 is 2.32 bits per heavy atom. The fourth-order valence-corrected chi connectivity index (χ4v) is 3.55. The maximum atomic E-state index is 13.0. The number of amides is 3. The highest BCUT2D eigenvalue weighted by Gasteiger charge is 2.43. The molecule has 2 aromatic carbocycles. The number of carbonyl (C=O) groups excluding carboxylic acids is 2. The second kappa shape index (κ2) is 6.64. The molecule has 0 bridgehead atoms. The highest BCUT2D eigenvalue weighted by molar-refractivity contribution is 6.14. The highest BCUT2D eigenvalue weighted by Crippen LogP contribution is 2.28. The van der Waals surface area contributed by atoms with Crippen LogP contribution in [0, 0.1) is 13.8 Å². The molecule has 3 amide bonds. The number of anilines is 1. The van der Waals surface area contributed by atoms with Crippen molar-refractivity contribution in [1.82, 2.24) is 4.90 Å². The van der Waals surface area contributed by atoms with E-state index in [-0.39, 0.29) is 12.5 Å². The Labute approximate surface area is 162 Å². The van der Waals surface area contributed by atoms with Crippen LogP contribution >= 0.6 is 0 Å². The number of benzene rings is 2. The van der Waals surface area contributed by atoms with E-state index in [0.29, 0.717) is 22.2 Å². The van der Waals surface area contributed by atoms with Gasteiger partial charge in [-0.2, -0.15) is 0 Å². The molecule has 2 heterocycles. The summed E-state index contributed by atoms with van der Waals surface area (Å²) in [6.07, 6.45) is 0. The van der Waals surface area contributed by atoms with E-state index in [1.165, 1.54) is 15.9 Å². The summed E-state index contributed by atoms with van der Waals surface area (Å²) in [5.74, 6) is -0.293. The van der Waals surface area contributed by atoms with Crippen molar-refractivity contribution in [2.45, 2.75) is 33.4 Å². The quantitative estimate of drug-likeness (QED) is 0.515. The number of rotatable bonds is 3. The maximum absolute atomic E-state index is 13.0. The van der Waals surface area contributed by atoms with Crippen molar-refractivity contribution in [3.63, 3.8) is 0 Å². The lowest BCUT2D eigenvalue weighted by Gasteiger charge is -2.19. The standard InChI is InChI=1S/C22H20N2O4/c1-13-4-7-17(8-5-13)24-15(3)21(26)23(22(24)27)12-16-11-20(25)28-19-10-14(2)6-9-18(16)19/h4-11,15H,12H2,1-3H3/t15-/m1/s1. The monoisotopic (exact) mass is 376 g/mol. The van der Waals surface area contributed by atoms with E-state index < -0.39 is 17.7 Å². The third-order valence-corrected chi connectivity index (χ3v) is 5.07. The van der Waals surface area contributed by atoms with Crippen LogP contribution in [0.1, 0.15) is 23.6 Å². The van der Waals surface area contributed by atoms with Crippen LogP contribution in [0.15, 0.2) is 57.7 Å². The normalized spacial score (nSPS) is 17.0. The number of hydrogen-bond donors (Lipinski definition) is 0. The number of carbonyl (C=O) groups is 2. The van der Waals surface area contributed by atoms with Crippen LogP contribution in [0.5, 0.6) is 0 Å². The molecule has 0 aliphatic carbocycles. The molecular formula is C22H20N2O4. The van der Waals surface area contributed by atoms with Gasteiger partial charge in [0, 0.05) is 17.1 Å². The van der Waals surface area contributed by atoms with Gasteiger partial charge in [-0.15, -0.1) is 0 Å². The van der Waals surface area contributed by atoms with Gasteiger partial charge in [0.05, 0.1) is 6.54 Å². The first-order valence-electron chi connectivity index (χ1n) is 9.10. The SMILES string of the molecule is Cc1ccc(N2C(=O)N(Cc3cc(=O)oc4cc(C)ccc34)C(=O)[C@H]2C)cc1. The van der Waals surface area contributed by atoms with E-state index in [0.717, 1.165) is 11.1 Å². The number of imide groups is 1. The van der Waals surface area contributed by atoms with Gasteiger partial charge in [0.25, 0.3) is 5.91 Å². The van der Waals surface area contributed by atoms with E-state index in [4.69, 9.17) is 4.42 Å². The van der Waals surface area contributed by atoms with Crippen molar-refractivity contribution in [1.29, 1.82) is 0 Å². The first kappa shape index (κ1) is 18.0. The van der Waals surface area contributed by atoms with Gasteiger partial charge in [-0.3, -0.25) is 14.6 Å². The third-order valence-electron chi connectivity index (χ3n) is 5.07. The molecule has 1 saturated heterocycles. The van der Waals surface area contributed by atoms with Crippen molar-refractivity contribution >= 4 is 28.6 Å². The number of hydrogen-bond acceptors (Lipinski definition) is 4. The van der Waals surface area contributed by atoms with Crippen LogP contribution in [-0.2, 0) is 11.3 Å². The zero-order valence-electron chi connectivity index (χ0n) is 15.9. The Morgan fingerprint density at radius 2 is 1.61 bits per heavy atom. The van der Waals surface area contributed by atoms with E-state index in [2.05, 4.69) is 0 Å². The van der Waals surface area contributed by atoms with Gasteiger partial charge in [0.15, 0.2) is 0 Å². The molecule has 0 unspecified atom stereocenters. The Balaban J connectivity index is 1.72. The smallest absolute Gasteiger partial charge is 0.336 e. The number of urea groups is 1. The summed E-state index contributed by atoms with van der Waals surface area (Å²) in [6, 6.07) is 13.3. The molecule has 6 heteroatoms. The molecule has 28 heavy (non-hydrogen) atoms. The molecule has 0 N–H and O–H groups in total. The first-order chi connectivity index (χ1) is 13.3. The fraction of sp³-hybridized carbons (Fsp3) is 0.227. The first-order valence-corrected chi connectivity index (χ1v) is 9.10. The highest BCUT2D eigenvalue weighted by atomic mass is 16.4. The second-order valence-electron chi connectivity index (χ2n) is 7.18. The molecule has 1 aliphatic rings. The number of fused-ring (bicyclic) bond motifs is 1. The van der Waals surface area contributed by atoms with Crippen LogP contribution in [0.25, 0.3) is 11.0 Å². The predicted molar refractivity (Wildman–Crippen MR) is 106 cm³/mol. The lowest BCUT2D eigenvalue weighted by Crippen LogP contribution is -2.33. The predicted octanol–water partition coefficient (Wildman–Crippen LogP) is 3.77. The zero-order chi connectivity index (χ0) is 20.0. The van der Waals surface area contributed by atoms with Gasteiger partial charge < -0.3 is 4.42 Å². The van der Waals surface area contributed by atoms with E-state index in [1.54, 1.807) is 13.0 Å². The molecule has 0 saturated carbocycles. The largest absolute Gasteiger partial charge is 0.423 e. The minimum Gasteiger partial charge on any atom is -0.423 e. The van der Waals surface area contributed by atoms with E-state index >= 15 is 0 Å². The average molecular weight is 376 g/mol. The molecule has 1 aromatic heterocycles. The topological polar surface area (TPSA) is 70.8 Å². The number of aryl methyl sites for hydroxylation is 2. The van der Waals surface area contributed by atoms with Crippen LogP contribution in [-0.4, -0.2) is 22.9 Å². The minimum absolute atomic E-state index is 0.0233. The lowest BCUT2D eigenvalue weighted by atomic mass is 10.1. The van der Waals surface area contributed by atoms with Gasteiger partial charge in [0.2, 0.25) is 0 Å². The van der Waals surface area contributed by atoms with Gasteiger partial charge >= 0.3 is 11.7 Å². The lowest BCUT2D eigenvalue weighted by molar-refractivity contribution is -0.127. The summed E-state index contributed by atoms with van der Waals surface area (Å²) in [4.78, 5) is 40.5. The van der Waals surface area contributed by atoms with E-state index in [1.807, 2.05) is 50.2 Å². The van der Waals surface area contributed by atoms with Gasteiger partial charge in [-0.05, 0) is 50.1 Å². The molecule has 142 valence electrons. The molecular weight excluding hydrogens is 356 g/mol. The summed E-state index contributed by atoms with van der Waals surface area (Å²) < 4.78 is 5.27. The van der Waals surface area contributed by atoms with E-state index in [9.17, 15) is 14.4 Å². The molecule has 1 atom stereocenters. The van der Waals surface area contributed by atoms with Crippen LogP contribution in [0.3, 0.4) is 0 Å². The van der Waals surface area contributed by atoms with Crippen LogP contribution in [0.2, 0.25) is 0 Å². The number of nitrogens with zero attached hydrogens (tertiary/aromatic N) is 2.